The number of hydrogen-bond donors (Lipinski definition) is 1. The van der Waals surface area contributed by atoms with Gasteiger partial charge in [-0.1, -0.05) is 39.2 Å². The van der Waals surface area contributed by atoms with Gasteiger partial charge in [0.25, 0.3) is 0 Å². The topological polar surface area (TPSA) is 44.5 Å². The predicted octanol–water partition coefficient (Wildman–Crippen LogP) is 4.11. The Morgan fingerprint density at radius 3 is 2.65 bits per heavy atom. The summed E-state index contributed by atoms with van der Waals surface area (Å²) in [4.78, 5) is 0. The van der Waals surface area contributed by atoms with Crippen molar-refractivity contribution in [1.82, 2.24) is 0 Å². The molecule has 0 aromatic carbocycles. The largest absolute Gasteiger partial charge is 0.475 e. The molecule has 1 aliphatic heterocycles. The molecule has 0 radical (unpaired) electrons. The molecule has 1 heterocycles. The second-order valence-corrected chi connectivity index (χ2v) is 8.78. The average Bonchev–Trinajstić information content (AvgIpc) is 2.87. The van der Waals surface area contributed by atoms with E-state index in [9.17, 15) is 0 Å². The van der Waals surface area contributed by atoms with Gasteiger partial charge in [-0.3, -0.25) is 0 Å². The molecular weight excluding hydrogens is 285 g/mol. The van der Waals surface area contributed by atoms with Gasteiger partial charge in [-0.25, -0.2) is 0 Å². The molecular formula is C19H34BNO2. The van der Waals surface area contributed by atoms with Crippen LogP contribution in [0.4, 0.5) is 0 Å². The average molecular weight is 319 g/mol. The summed E-state index contributed by atoms with van der Waals surface area (Å²) in [5.41, 5.74) is 6.67. The third kappa shape index (κ3) is 3.03. The Morgan fingerprint density at radius 2 is 1.96 bits per heavy atom. The molecule has 3 aliphatic carbocycles. The monoisotopic (exact) mass is 319 g/mol. The van der Waals surface area contributed by atoms with Gasteiger partial charge < -0.3 is 15.0 Å². The minimum atomic E-state index is -0.201. The summed E-state index contributed by atoms with van der Waals surface area (Å²) < 4.78 is 12.7. The highest BCUT2D eigenvalue weighted by Gasteiger charge is 2.68. The molecule has 0 unspecified atom stereocenters. The van der Waals surface area contributed by atoms with Gasteiger partial charge in [-0.2, -0.15) is 0 Å². The van der Waals surface area contributed by atoms with E-state index in [0.29, 0.717) is 11.3 Å². The molecule has 0 spiro atoms. The lowest BCUT2D eigenvalue weighted by atomic mass is 9.43. The molecule has 5 atom stereocenters. The molecule has 4 fully saturated rings. The number of allylic oxidation sites excluding steroid dienone is 1. The van der Waals surface area contributed by atoms with Crippen LogP contribution < -0.4 is 5.73 Å². The molecule has 3 nitrogen and oxygen atoms in total. The fourth-order valence-electron chi connectivity index (χ4n) is 5.24. The number of hydrogen-bond acceptors (Lipinski definition) is 3. The van der Waals surface area contributed by atoms with E-state index in [2.05, 4.69) is 27.4 Å². The first-order chi connectivity index (χ1) is 10.9. The van der Waals surface area contributed by atoms with E-state index in [4.69, 9.17) is 15.0 Å². The highest BCUT2D eigenvalue weighted by atomic mass is 16.7. The van der Waals surface area contributed by atoms with E-state index in [1.165, 1.54) is 32.1 Å². The molecule has 4 aliphatic rings. The van der Waals surface area contributed by atoms with Gasteiger partial charge in [-0.15, -0.1) is 6.58 Å². The summed E-state index contributed by atoms with van der Waals surface area (Å²) in [6.07, 6.45) is 11.7. The van der Waals surface area contributed by atoms with Crippen molar-refractivity contribution in [3.63, 3.8) is 0 Å². The molecule has 0 aromatic rings. The molecule has 23 heavy (non-hydrogen) atoms. The lowest BCUT2D eigenvalue weighted by molar-refractivity contribution is -0.199. The minimum Gasteiger partial charge on any atom is -0.404 e. The SMILES string of the molecule is C=CCCCCCC[C@H](N)B1O[C@@H]2C[C@@H]3C[C@@H](C3(C)C)[C@]2(C)O1. The molecule has 1 saturated heterocycles. The number of nitrogens with two attached hydrogens (primary N) is 1. The summed E-state index contributed by atoms with van der Waals surface area (Å²) in [5, 5.41) is 0. The van der Waals surface area contributed by atoms with Crippen LogP contribution >= 0.6 is 0 Å². The Morgan fingerprint density at radius 1 is 1.22 bits per heavy atom. The van der Waals surface area contributed by atoms with Crippen LogP contribution in [0.5, 0.6) is 0 Å². The number of unbranched alkanes of at least 4 members (excludes halogenated alkanes) is 4. The quantitative estimate of drug-likeness (QED) is 0.416. The third-order valence-corrected chi connectivity index (χ3v) is 7.01. The van der Waals surface area contributed by atoms with Crippen LogP contribution in [0.25, 0.3) is 0 Å². The molecule has 2 bridgehead atoms. The minimum absolute atomic E-state index is 0.0112. The first-order valence-corrected chi connectivity index (χ1v) is 9.59. The molecule has 130 valence electrons. The normalized spacial score (nSPS) is 38.8. The molecule has 0 aromatic heterocycles. The van der Waals surface area contributed by atoms with Crippen LogP contribution in [0.3, 0.4) is 0 Å². The molecule has 0 amide bonds. The summed E-state index contributed by atoms with van der Waals surface area (Å²) in [7, 11) is -0.201. The van der Waals surface area contributed by atoms with Crippen molar-refractivity contribution in [3.05, 3.63) is 12.7 Å². The fourth-order valence-corrected chi connectivity index (χ4v) is 5.24. The van der Waals surface area contributed by atoms with Gasteiger partial charge in [0.2, 0.25) is 0 Å². The van der Waals surface area contributed by atoms with Gasteiger partial charge in [0, 0.05) is 5.94 Å². The maximum atomic E-state index is 6.44. The van der Waals surface area contributed by atoms with E-state index < -0.39 is 0 Å². The second kappa shape index (κ2) is 6.53. The Kier molecular flexibility index (Phi) is 4.97. The zero-order chi connectivity index (χ0) is 16.7. The summed E-state index contributed by atoms with van der Waals surface area (Å²) >= 11 is 0. The fraction of sp³-hybridized carbons (Fsp3) is 0.895. The zero-order valence-corrected chi connectivity index (χ0v) is 15.2. The summed E-state index contributed by atoms with van der Waals surface area (Å²) in [6.45, 7) is 10.8. The maximum absolute atomic E-state index is 6.44. The van der Waals surface area contributed by atoms with Crippen LogP contribution in [0.1, 0.15) is 72.1 Å². The van der Waals surface area contributed by atoms with Crippen LogP contribution in [0.2, 0.25) is 0 Å². The van der Waals surface area contributed by atoms with Gasteiger partial charge in [-0.05, 0) is 56.3 Å². The van der Waals surface area contributed by atoms with Crippen molar-refractivity contribution in [3.8, 4) is 0 Å². The van der Waals surface area contributed by atoms with E-state index in [1.54, 1.807) is 0 Å². The van der Waals surface area contributed by atoms with Crippen LogP contribution in [0.15, 0.2) is 12.7 Å². The third-order valence-electron chi connectivity index (χ3n) is 7.01. The van der Waals surface area contributed by atoms with E-state index in [1.807, 2.05) is 6.08 Å². The Balaban J connectivity index is 1.47. The second-order valence-electron chi connectivity index (χ2n) is 8.78. The van der Waals surface area contributed by atoms with Crippen molar-refractivity contribution >= 4 is 7.12 Å². The Labute approximate surface area is 142 Å². The van der Waals surface area contributed by atoms with E-state index in [0.717, 1.165) is 25.2 Å². The lowest BCUT2D eigenvalue weighted by Crippen LogP contribution is -2.65. The molecule has 3 saturated carbocycles. The lowest BCUT2D eigenvalue weighted by Gasteiger charge is -2.64. The zero-order valence-electron chi connectivity index (χ0n) is 15.2. The van der Waals surface area contributed by atoms with Gasteiger partial charge >= 0.3 is 7.12 Å². The van der Waals surface area contributed by atoms with Crippen molar-refractivity contribution in [2.45, 2.75) is 89.8 Å². The first-order valence-electron chi connectivity index (χ1n) is 9.59. The highest BCUT2D eigenvalue weighted by molar-refractivity contribution is 6.47. The van der Waals surface area contributed by atoms with Crippen molar-refractivity contribution in [1.29, 1.82) is 0 Å². The van der Waals surface area contributed by atoms with Crippen LogP contribution in [0, 0.1) is 17.3 Å². The Hall–Kier alpha value is -0.315. The predicted molar refractivity (Wildman–Crippen MR) is 96.0 cm³/mol. The van der Waals surface area contributed by atoms with E-state index >= 15 is 0 Å². The smallest absolute Gasteiger partial charge is 0.404 e. The van der Waals surface area contributed by atoms with Crippen molar-refractivity contribution in [2.24, 2.45) is 23.0 Å². The van der Waals surface area contributed by atoms with E-state index in [-0.39, 0.29) is 24.8 Å². The standard InChI is InChI=1S/C19H34BNO2/c1-5-6-7-8-9-10-11-17(21)20-22-16-13-14-12-15(18(14,2)3)19(16,4)23-20/h5,14-17H,1,6-13,21H2,2-4H3/t14-,15-,16+,17-,19-/m0/s1. The Bertz CT molecular complexity index is 441. The van der Waals surface area contributed by atoms with Crippen molar-refractivity contribution in [2.75, 3.05) is 0 Å². The van der Waals surface area contributed by atoms with Gasteiger partial charge in [0.1, 0.15) is 0 Å². The van der Waals surface area contributed by atoms with Crippen LogP contribution in [-0.4, -0.2) is 24.8 Å². The molecule has 2 N–H and O–H groups in total. The van der Waals surface area contributed by atoms with Crippen molar-refractivity contribution < 1.29 is 9.31 Å². The van der Waals surface area contributed by atoms with Gasteiger partial charge in [0.05, 0.1) is 11.7 Å². The summed E-state index contributed by atoms with van der Waals surface area (Å²) in [5.74, 6) is 1.43. The number of rotatable bonds is 8. The van der Waals surface area contributed by atoms with Crippen LogP contribution in [-0.2, 0) is 9.31 Å². The maximum Gasteiger partial charge on any atom is 0.475 e. The first kappa shape index (κ1) is 17.5. The molecule has 4 heteroatoms. The highest BCUT2D eigenvalue weighted by Crippen LogP contribution is 2.65. The van der Waals surface area contributed by atoms with Gasteiger partial charge in [0.15, 0.2) is 0 Å². The summed E-state index contributed by atoms with van der Waals surface area (Å²) in [6, 6.07) is 0. The molecule has 4 rings (SSSR count).